The molecule has 1 amide bonds. The summed E-state index contributed by atoms with van der Waals surface area (Å²) in [5.74, 6) is -0.803. The van der Waals surface area contributed by atoms with E-state index in [1.807, 2.05) is 6.92 Å². The second kappa shape index (κ2) is 8.61. The van der Waals surface area contributed by atoms with Gasteiger partial charge in [-0.1, -0.05) is 6.92 Å². The van der Waals surface area contributed by atoms with Gasteiger partial charge in [0.1, 0.15) is 5.82 Å². The van der Waals surface area contributed by atoms with Crippen LogP contribution in [0, 0.1) is 21.8 Å². The number of carbonyl (C=O) groups is 1. The fourth-order valence-corrected chi connectivity index (χ4v) is 2.64. The van der Waals surface area contributed by atoms with Gasteiger partial charge in [0.25, 0.3) is 0 Å². The second-order valence-electron chi connectivity index (χ2n) is 6.51. The lowest BCUT2D eigenvalue weighted by atomic mass is 9.92. The second-order valence-corrected chi connectivity index (χ2v) is 6.51. The zero-order valence-electron chi connectivity index (χ0n) is 14.7. The van der Waals surface area contributed by atoms with Crippen LogP contribution in [0.3, 0.4) is 0 Å². The zero-order valence-corrected chi connectivity index (χ0v) is 14.7. The molecule has 1 rings (SSSR count). The van der Waals surface area contributed by atoms with Crippen LogP contribution < -0.4 is 10.1 Å². The molecule has 0 saturated carbocycles. The lowest BCUT2D eigenvalue weighted by Crippen LogP contribution is -2.44. The molecule has 0 aliphatic carbocycles. The molecule has 0 fully saturated rings. The number of amides is 1. The molecular formula is C16H23FN2O6. The molecule has 0 bridgehead atoms. The van der Waals surface area contributed by atoms with Gasteiger partial charge in [0.05, 0.1) is 18.6 Å². The zero-order chi connectivity index (χ0) is 19.2. The number of rotatable bonds is 9. The van der Waals surface area contributed by atoms with Crippen LogP contribution in [0.1, 0.15) is 32.8 Å². The molecule has 1 aromatic rings. The number of methoxy groups -OCH3 is 1. The number of carboxylic acid groups (broad SMARTS) is 1. The Morgan fingerprint density at radius 2 is 2.12 bits per heavy atom. The molecule has 0 radical (unpaired) electrons. The number of benzene rings is 1. The Bertz CT molecular complexity index is 635. The van der Waals surface area contributed by atoms with Gasteiger partial charge in [-0.3, -0.25) is 10.1 Å². The van der Waals surface area contributed by atoms with E-state index in [-0.39, 0.29) is 36.1 Å². The lowest BCUT2D eigenvalue weighted by molar-refractivity contribution is -0.385. The summed E-state index contributed by atoms with van der Waals surface area (Å²) in [6.45, 7) is 5.50. The van der Waals surface area contributed by atoms with Crippen LogP contribution in [0.4, 0.5) is 14.9 Å². The van der Waals surface area contributed by atoms with Crippen LogP contribution >= 0.6 is 0 Å². The van der Waals surface area contributed by atoms with Crippen LogP contribution in [0.25, 0.3) is 0 Å². The lowest BCUT2D eigenvalue weighted by Gasteiger charge is -2.27. The highest BCUT2D eigenvalue weighted by atomic mass is 19.1. The van der Waals surface area contributed by atoms with Crippen LogP contribution in [0.5, 0.6) is 5.75 Å². The maximum atomic E-state index is 14.0. The molecule has 0 saturated heterocycles. The molecular weight excluding hydrogens is 335 g/mol. The van der Waals surface area contributed by atoms with Crippen molar-refractivity contribution < 1.29 is 28.7 Å². The number of nitro benzene ring substituents is 1. The van der Waals surface area contributed by atoms with Gasteiger partial charge in [-0.25, -0.2) is 9.18 Å². The predicted octanol–water partition coefficient (Wildman–Crippen LogP) is 3.33. The van der Waals surface area contributed by atoms with Crippen molar-refractivity contribution in [1.82, 2.24) is 5.32 Å². The number of nitrogens with zero attached hydrogens (tertiary/aromatic N) is 1. The van der Waals surface area contributed by atoms with E-state index in [1.165, 1.54) is 7.11 Å². The topological polar surface area (TPSA) is 111 Å². The van der Waals surface area contributed by atoms with E-state index in [0.717, 1.165) is 12.1 Å². The average Bonchev–Trinajstić information content (AvgIpc) is 2.46. The van der Waals surface area contributed by atoms with Crippen LogP contribution in [0.15, 0.2) is 12.1 Å². The highest BCUT2D eigenvalue weighted by Gasteiger charge is 2.23. The molecule has 9 heteroatoms. The predicted molar refractivity (Wildman–Crippen MR) is 88.3 cm³/mol. The third-order valence-electron chi connectivity index (χ3n) is 3.51. The molecule has 1 atom stereocenters. The Hall–Kier alpha value is -2.42. The van der Waals surface area contributed by atoms with Crippen molar-refractivity contribution in [2.24, 2.45) is 5.92 Å². The summed E-state index contributed by atoms with van der Waals surface area (Å²) in [4.78, 5) is 21.1. The Kier molecular flexibility index (Phi) is 7.10. The molecule has 8 nitrogen and oxygen atoms in total. The van der Waals surface area contributed by atoms with Gasteiger partial charge in [-0.05, 0) is 26.2 Å². The summed E-state index contributed by atoms with van der Waals surface area (Å²) >= 11 is 0. The first-order valence-electron chi connectivity index (χ1n) is 7.65. The van der Waals surface area contributed by atoms with Gasteiger partial charge in [0.2, 0.25) is 0 Å². The van der Waals surface area contributed by atoms with E-state index in [2.05, 4.69) is 5.32 Å². The number of hydrogen-bond donors (Lipinski definition) is 2. The first kappa shape index (κ1) is 20.6. The minimum atomic E-state index is -1.11. The average molecular weight is 358 g/mol. The maximum absolute atomic E-state index is 14.0. The van der Waals surface area contributed by atoms with Crippen molar-refractivity contribution in [3.8, 4) is 5.75 Å². The van der Waals surface area contributed by atoms with Gasteiger partial charge in [0.15, 0.2) is 5.75 Å². The molecule has 1 aromatic carbocycles. The SMILES string of the molecule is COc1cc(F)c(COC[C@H](C)CC(C)(C)NC(=O)O)cc1[N+](=O)[O-]. The van der Waals surface area contributed by atoms with E-state index < -0.39 is 22.4 Å². The van der Waals surface area contributed by atoms with E-state index >= 15 is 0 Å². The molecule has 0 spiro atoms. The first-order chi connectivity index (χ1) is 11.6. The smallest absolute Gasteiger partial charge is 0.405 e. The highest BCUT2D eigenvalue weighted by molar-refractivity contribution is 5.65. The van der Waals surface area contributed by atoms with Crippen LogP contribution in [-0.4, -0.2) is 35.4 Å². The molecule has 0 heterocycles. The Morgan fingerprint density at radius 3 is 2.64 bits per heavy atom. The number of ether oxygens (including phenoxy) is 2. The van der Waals surface area contributed by atoms with Gasteiger partial charge < -0.3 is 19.9 Å². The molecule has 0 aliphatic heterocycles. The third kappa shape index (κ3) is 6.54. The molecule has 0 aliphatic rings. The highest BCUT2D eigenvalue weighted by Crippen LogP contribution is 2.30. The fraction of sp³-hybridized carbons (Fsp3) is 0.562. The van der Waals surface area contributed by atoms with E-state index in [4.69, 9.17) is 14.6 Å². The number of nitrogens with one attached hydrogen (secondary N) is 1. The van der Waals surface area contributed by atoms with Crippen molar-refractivity contribution >= 4 is 11.8 Å². The van der Waals surface area contributed by atoms with E-state index in [9.17, 15) is 19.3 Å². The third-order valence-corrected chi connectivity index (χ3v) is 3.51. The summed E-state index contributed by atoms with van der Waals surface area (Å²) in [5.41, 5.74) is -0.899. The van der Waals surface area contributed by atoms with Gasteiger partial charge in [-0.2, -0.15) is 0 Å². The van der Waals surface area contributed by atoms with Crippen LogP contribution in [-0.2, 0) is 11.3 Å². The minimum Gasteiger partial charge on any atom is -0.490 e. The summed E-state index contributed by atoms with van der Waals surface area (Å²) in [6, 6.07) is 2.05. The molecule has 0 aromatic heterocycles. The maximum Gasteiger partial charge on any atom is 0.405 e. The van der Waals surface area contributed by atoms with Crippen molar-refractivity contribution in [2.45, 2.75) is 39.3 Å². The summed E-state index contributed by atoms with van der Waals surface area (Å²) < 4.78 is 24.2. The number of halogens is 1. The Balaban J connectivity index is 2.65. The summed E-state index contributed by atoms with van der Waals surface area (Å²) in [7, 11) is 1.23. The summed E-state index contributed by atoms with van der Waals surface area (Å²) in [5, 5.41) is 22.2. The molecule has 2 N–H and O–H groups in total. The van der Waals surface area contributed by atoms with E-state index in [0.29, 0.717) is 6.42 Å². The number of nitro groups is 1. The molecule has 140 valence electrons. The van der Waals surface area contributed by atoms with Crippen LogP contribution in [0.2, 0.25) is 0 Å². The fourth-order valence-electron chi connectivity index (χ4n) is 2.64. The quantitative estimate of drug-likeness (QED) is 0.517. The van der Waals surface area contributed by atoms with E-state index in [1.54, 1.807) is 13.8 Å². The normalized spacial score (nSPS) is 12.5. The van der Waals surface area contributed by atoms with Gasteiger partial charge in [-0.15, -0.1) is 0 Å². The van der Waals surface area contributed by atoms with Crippen molar-refractivity contribution in [1.29, 1.82) is 0 Å². The Labute approximate surface area is 145 Å². The van der Waals surface area contributed by atoms with Crippen molar-refractivity contribution in [2.75, 3.05) is 13.7 Å². The van der Waals surface area contributed by atoms with Crippen molar-refractivity contribution in [3.63, 3.8) is 0 Å². The Morgan fingerprint density at radius 1 is 1.48 bits per heavy atom. The molecule has 25 heavy (non-hydrogen) atoms. The van der Waals surface area contributed by atoms with Gasteiger partial charge >= 0.3 is 11.8 Å². The standard InChI is InChI=1S/C16H23FN2O6/c1-10(7-16(2,3)18-15(20)21)8-25-9-11-5-13(19(22)23)14(24-4)6-12(11)17/h5-6,10,18H,7-9H2,1-4H3,(H,20,21)/t10-/m1/s1. The largest absolute Gasteiger partial charge is 0.490 e. The minimum absolute atomic E-state index is 0.00172. The van der Waals surface area contributed by atoms with Gasteiger partial charge in [0, 0.05) is 29.8 Å². The molecule has 0 unspecified atom stereocenters. The number of hydrogen-bond acceptors (Lipinski definition) is 5. The van der Waals surface area contributed by atoms with Crippen molar-refractivity contribution in [3.05, 3.63) is 33.6 Å². The summed E-state index contributed by atoms with van der Waals surface area (Å²) in [6.07, 6.45) is -0.587. The monoisotopic (exact) mass is 358 g/mol. The first-order valence-corrected chi connectivity index (χ1v) is 7.65.